The van der Waals surface area contributed by atoms with Gasteiger partial charge in [0.05, 0.1) is 11.2 Å². The molecule has 0 spiro atoms. The molecule has 0 aromatic rings. The second kappa shape index (κ2) is 7.74. The molecule has 1 N–H and O–H groups in total. The summed E-state index contributed by atoms with van der Waals surface area (Å²) in [7, 11) is 0. The number of hydrogen-bond donors (Lipinski definition) is 1. The highest BCUT2D eigenvalue weighted by Gasteiger charge is 2.39. The maximum absolute atomic E-state index is 6.13. The summed E-state index contributed by atoms with van der Waals surface area (Å²) in [6.45, 7) is 18.8. The Morgan fingerprint density at radius 1 is 1.20 bits per heavy atom. The number of nitrogens with zero attached hydrogens (tertiary/aromatic N) is 1. The Morgan fingerprint density at radius 3 is 2.35 bits per heavy atom. The topological polar surface area (TPSA) is 33.7 Å². The van der Waals surface area contributed by atoms with E-state index >= 15 is 0 Å². The van der Waals surface area contributed by atoms with E-state index in [9.17, 15) is 0 Å². The van der Waals surface area contributed by atoms with Crippen molar-refractivity contribution in [3.63, 3.8) is 0 Å². The molecule has 1 aliphatic heterocycles. The van der Waals surface area contributed by atoms with Crippen molar-refractivity contribution < 1.29 is 9.47 Å². The Labute approximate surface area is 125 Å². The van der Waals surface area contributed by atoms with Crippen molar-refractivity contribution in [2.75, 3.05) is 39.4 Å². The van der Waals surface area contributed by atoms with E-state index in [4.69, 9.17) is 9.47 Å². The van der Waals surface area contributed by atoms with Crippen molar-refractivity contribution in [1.29, 1.82) is 0 Å². The molecule has 120 valence electrons. The molecule has 0 aromatic heterocycles. The summed E-state index contributed by atoms with van der Waals surface area (Å²) in [6.07, 6.45) is 1.08. The maximum Gasteiger partial charge on any atom is 0.0760 e. The Kier molecular flexibility index (Phi) is 6.92. The predicted octanol–water partition coefficient (Wildman–Crippen LogP) is 2.28. The summed E-state index contributed by atoms with van der Waals surface area (Å²) in [5.74, 6) is 0. The molecule has 1 saturated heterocycles. The van der Waals surface area contributed by atoms with Crippen molar-refractivity contribution in [2.24, 2.45) is 0 Å². The highest BCUT2D eigenvalue weighted by Crippen LogP contribution is 2.28. The first-order valence-corrected chi connectivity index (χ1v) is 7.98. The van der Waals surface area contributed by atoms with E-state index in [-0.39, 0.29) is 11.2 Å². The Hall–Kier alpha value is -0.160. The van der Waals surface area contributed by atoms with Crippen LogP contribution in [0.25, 0.3) is 0 Å². The molecule has 0 aromatic carbocycles. The van der Waals surface area contributed by atoms with Crippen LogP contribution in [0.2, 0.25) is 0 Å². The van der Waals surface area contributed by atoms with Gasteiger partial charge in [-0.25, -0.2) is 0 Å². The highest BCUT2D eigenvalue weighted by molar-refractivity contribution is 4.91. The SMILES string of the molecule is CCOCCCNCC(C)N1CC(C)(C)OC(C)(C)C1. The van der Waals surface area contributed by atoms with Crippen molar-refractivity contribution in [2.45, 2.75) is 65.2 Å². The maximum atomic E-state index is 6.13. The van der Waals surface area contributed by atoms with Crippen LogP contribution in [0, 0.1) is 0 Å². The smallest absolute Gasteiger partial charge is 0.0760 e. The van der Waals surface area contributed by atoms with Gasteiger partial charge in [-0.1, -0.05) is 0 Å². The quantitative estimate of drug-likeness (QED) is 0.694. The summed E-state index contributed by atoms with van der Waals surface area (Å²) in [5.41, 5.74) is -0.129. The monoisotopic (exact) mass is 286 g/mol. The Bertz CT molecular complexity index is 264. The third-order valence-electron chi connectivity index (χ3n) is 3.63. The van der Waals surface area contributed by atoms with Gasteiger partial charge in [-0.05, 0) is 54.5 Å². The number of ether oxygens (including phenoxy) is 2. The van der Waals surface area contributed by atoms with Crippen LogP contribution < -0.4 is 5.32 Å². The van der Waals surface area contributed by atoms with E-state index in [1.807, 2.05) is 6.92 Å². The molecule has 1 fully saturated rings. The minimum atomic E-state index is -0.0645. The molecule has 4 nitrogen and oxygen atoms in total. The van der Waals surface area contributed by atoms with Gasteiger partial charge < -0.3 is 14.8 Å². The van der Waals surface area contributed by atoms with E-state index in [1.54, 1.807) is 0 Å². The fourth-order valence-electron chi connectivity index (χ4n) is 3.04. The molecule has 0 saturated carbocycles. The standard InChI is InChI=1S/C16H34N2O2/c1-7-19-10-8-9-17-11-14(2)18-12-15(3,4)20-16(5,6)13-18/h14,17H,7-13H2,1-6H3. The first kappa shape index (κ1) is 17.9. The van der Waals surface area contributed by atoms with E-state index < -0.39 is 0 Å². The molecule has 1 unspecified atom stereocenters. The first-order chi connectivity index (χ1) is 9.26. The molecule has 0 amide bonds. The van der Waals surface area contributed by atoms with Crippen molar-refractivity contribution in [3.05, 3.63) is 0 Å². The molecule has 1 atom stereocenters. The zero-order chi connectivity index (χ0) is 15.2. The van der Waals surface area contributed by atoms with E-state index in [0.29, 0.717) is 6.04 Å². The lowest BCUT2D eigenvalue weighted by atomic mass is 9.97. The van der Waals surface area contributed by atoms with Crippen molar-refractivity contribution >= 4 is 0 Å². The van der Waals surface area contributed by atoms with Crippen LogP contribution in [0.1, 0.15) is 48.0 Å². The average Bonchev–Trinajstić information content (AvgIpc) is 2.29. The van der Waals surface area contributed by atoms with E-state index in [1.165, 1.54) is 0 Å². The van der Waals surface area contributed by atoms with Gasteiger partial charge in [0.1, 0.15) is 0 Å². The molecule has 0 radical (unpaired) electrons. The lowest BCUT2D eigenvalue weighted by molar-refractivity contribution is -0.186. The molecular formula is C16H34N2O2. The molecule has 0 bridgehead atoms. The van der Waals surface area contributed by atoms with Gasteiger partial charge in [0.25, 0.3) is 0 Å². The highest BCUT2D eigenvalue weighted by atomic mass is 16.5. The second-order valence-corrected chi connectivity index (χ2v) is 7.13. The minimum Gasteiger partial charge on any atom is -0.382 e. The Balaban J connectivity index is 2.30. The zero-order valence-corrected chi connectivity index (χ0v) is 14.3. The summed E-state index contributed by atoms with van der Waals surface area (Å²) in [5, 5.41) is 3.53. The van der Waals surface area contributed by atoms with Crippen LogP contribution in [0.15, 0.2) is 0 Å². The summed E-state index contributed by atoms with van der Waals surface area (Å²) in [6, 6.07) is 0.532. The number of morpholine rings is 1. The third kappa shape index (κ3) is 6.53. The molecule has 1 aliphatic rings. The zero-order valence-electron chi connectivity index (χ0n) is 14.3. The number of rotatable bonds is 8. The number of hydrogen-bond acceptors (Lipinski definition) is 4. The van der Waals surface area contributed by atoms with Gasteiger partial charge in [0.2, 0.25) is 0 Å². The average molecular weight is 286 g/mol. The van der Waals surface area contributed by atoms with Crippen LogP contribution in [0.5, 0.6) is 0 Å². The van der Waals surface area contributed by atoms with Gasteiger partial charge in [-0.2, -0.15) is 0 Å². The first-order valence-electron chi connectivity index (χ1n) is 7.98. The van der Waals surface area contributed by atoms with Crippen LogP contribution in [0.3, 0.4) is 0 Å². The molecule has 1 heterocycles. The van der Waals surface area contributed by atoms with Crippen LogP contribution in [-0.2, 0) is 9.47 Å². The van der Waals surface area contributed by atoms with Gasteiger partial charge in [0, 0.05) is 38.9 Å². The van der Waals surface area contributed by atoms with Gasteiger partial charge in [-0.3, -0.25) is 4.90 Å². The fraction of sp³-hybridized carbons (Fsp3) is 1.00. The lowest BCUT2D eigenvalue weighted by Gasteiger charge is -2.49. The lowest BCUT2D eigenvalue weighted by Crippen LogP contribution is -2.60. The molecular weight excluding hydrogens is 252 g/mol. The summed E-state index contributed by atoms with van der Waals surface area (Å²) in [4.78, 5) is 2.54. The van der Waals surface area contributed by atoms with Crippen molar-refractivity contribution in [3.8, 4) is 0 Å². The molecule has 4 heteroatoms. The van der Waals surface area contributed by atoms with Gasteiger partial charge >= 0.3 is 0 Å². The van der Waals surface area contributed by atoms with Gasteiger partial charge in [0.15, 0.2) is 0 Å². The van der Waals surface area contributed by atoms with E-state index in [2.05, 4.69) is 44.8 Å². The summed E-state index contributed by atoms with van der Waals surface area (Å²) < 4.78 is 11.5. The Morgan fingerprint density at radius 2 is 1.80 bits per heavy atom. The van der Waals surface area contributed by atoms with Crippen molar-refractivity contribution in [1.82, 2.24) is 10.2 Å². The van der Waals surface area contributed by atoms with Gasteiger partial charge in [-0.15, -0.1) is 0 Å². The normalized spacial score (nSPS) is 23.7. The van der Waals surface area contributed by atoms with Crippen LogP contribution in [0.4, 0.5) is 0 Å². The molecule has 1 rings (SSSR count). The van der Waals surface area contributed by atoms with Crippen LogP contribution in [-0.4, -0.2) is 61.5 Å². The largest absolute Gasteiger partial charge is 0.382 e. The number of nitrogens with one attached hydrogen (secondary N) is 1. The predicted molar refractivity (Wildman–Crippen MR) is 84.3 cm³/mol. The molecule has 20 heavy (non-hydrogen) atoms. The minimum absolute atomic E-state index is 0.0645. The summed E-state index contributed by atoms with van der Waals surface area (Å²) >= 11 is 0. The van der Waals surface area contributed by atoms with E-state index in [0.717, 1.165) is 45.8 Å². The second-order valence-electron chi connectivity index (χ2n) is 7.13. The fourth-order valence-corrected chi connectivity index (χ4v) is 3.04. The third-order valence-corrected chi connectivity index (χ3v) is 3.63. The van der Waals surface area contributed by atoms with Crippen LogP contribution >= 0.6 is 0 Å². The molecule has 0 aliphatic carbocycles.